The number of ether oxygens (including phenoxy) is 1. The number of carbonyl (C=O) groups excluding carboxylic acids is 1. The molecule has 3 heterocycles. The van der Waals surface area contributed by atoms with E-state index < -0.39 is 36.7 Å². The summed E-state index contributed by atoms with van der Waals surface area (Å²) in [6.07, 6.45) is -3.43. The number of aromatic nitrogens is 4. The molecule has 11 heteroatoms. The minimum Gasteiger partial charge on any atom is -0.394 e. The van der Waals surface area contributed by atoms with Crippen LogP contribution in [0, 0.1) is 0 Å². The fourth-order valence-electron chi connectivity index (χ4n) is 3.24. The summed E-state index contributed by atoms with van der Waals surface area (Å²) >= 11 is 0. The van der Waals surface area contributed by atoms with Gasteiger partial charge in [0.2, 0.25) is 11.9 Å². The van der Waals surface area contributed by atoms with Crippen LogP contribution >= 0.6 is 0 Å². The topological polar surface area (TPSA) is 163 Å². The third kappa shape index (κ3) is 3.63. The second kappa shape index (κ2) is 7.72. The summed E-state index contributed by atoms with van der Waals surface area (Å²) in [5.74, 6) is -0.463. The number of anilines is 1. The van der Waals surface area contributed by atoms with Crippen LogP contribution in [0.5, 0.6) is 0 Å². The Bertz CT molecular complexity index is 1080. The Kier molecular flexibility index (Phi) is 5.11. The molecule has 1 saturated heterocycles. The first-order valence-corrected chi connectivity index (χ1v) is 8.91. The second-order valence-electron chi connectivity index (χ2n) is 6.68. The van der Waals surface area contributed by atoms with Gasteiger partial charge in [-0.3, -0.25) is 24.5 Å². The van der Waals surface area contributed by atoms with Crippen molar-refractivity contribution in [2.75, 3.05) is 11.9 Å². The molecule has 1 aromatic carbocycles. The molecule has 5 N–H and O–H groups in total. The molecular weight excluding hydrogens is 382 g/mol. The molecule has 0 saturated carbocycles. The number of aliphatic hydroxyl groups is 3. The Balaban J connectivity index is 1.62. The average Bonchev–Trinajstić information content (AvgIpc) is 3.24. The van der Waals surface area contributed by atoms with Crippen molar-refractivity contribution < 1.29 is 24.9 Å². The lowest BCUT2D eigenvalue weighted by Crippen LogP contribution is -2.33. The Morgan fingerprint density at radius 3 is 2.69 bits per heavy atom. The van der Waals surface area contributed by atoms with E-state index in [0.29, 0.717) is 0 Å². The Morgan fingerprint density at radius 2 is 2.00 bits per heavy atom. The number of nitrogens with zero attached hydrogens (tertiary/aromatic N) is 3. The van der Waals surface area contributed by atoms with Crippen LogP contribution < -0.4 is 10.9 Å². The number of fused-ring (bicyclic) bond motifs is 1. The Labute approximate surface area is 163 Å². The third-order valence-electron chi connectivity index (χ3n) is 4.69. The predicted octanol–water partition coefficient (Wildman–Crippen LogP) is -1.09. The van der Waals surface area contributed by atoms with E-state index in [0.717, 1.165) is 5.56 Å². The number of hydrogen-bond acceptors (Lipinski definition) is 8. The lowest BCUT2D eigenvalue weighted by atomic mass is 10.1. The molecule has 1 amide bonds. The lowest BCUT2D eigenvalue weighted by molar-refractivity contribution is -0.115. The van der Waals surface area contributed by atoms with Gasteiger partial charge in [0.15, 0.2) is 17.4 Å². The third-order valence-corrected chi connectivity index (χ3v) is 4.69. The molecule has 0 aliphatic carbocycles. The van der Waals surface area contributed by atoms with Crippen molar-refractivity contribution in [1.29, 1.82) is 0 Å². The van der Waals surface area contributed by atoms with Gasteiger partial charge in [0, 0.05) is 0 Å². The number of rotatable bonds is 5. The van der Waals surface area contributed by atoms with Crippen molar-refractivity contribution in [2.24, 2.45) is 0 Å². The standard InChI is InChI=1S/C18H19N5O6/c24-7-10-13(26)14(27)17(29-10)23-8-19-12-15(23)21-18(22-16(12)28)20-11(25)6-9-4-2-1-3-5-9/h1-5,8,10,13-14,17,24,26-27H,6-7H2,(H2,20,21,22,25,28)/t10-,13+,14?,17-/m0/s1. The highest BCUT2D eigenvalue weighted by Gasteiger charge is 2.44. The fraction of sp³-hybridized carbons (Fsp3) is 0.333. The monoisotopic (exact) mass is 401 g/mol. The van der Waals surface area contributed by atoms with Crippen molar-refractivity contribution in [3.63, 3.8) is 0 Å². The zero-order chi connectivity index (χ0) is 20.5. The van der Waals surface area contributed by atoms with Crippen LogP contribution in [-0.2, 0) is 16.0 Å². The minimum absolute atomic E-state index is 0.0243. The summed E-state index contributed by atoms with van der Waals surface area (Å²) in [5.41, 5.74) is 0.239. The first-order chi connectivity index (χ1) is 14.0. The van der Waals surface area contributed by atoms with Gasteiger partial charge in [0.25, 0.3) is 5.56 Å². The lowest BCUT2D eigenvalue weighted by Gasteiger charge is -2.16. The SMILES string of the molecule is O=C(Cc1ccccc1)Nc1nc2c(ncn2[C@H]2O[C@@H](CO)[C@@H](O)C2O)c(=O)[nH]1. The number of benzene rings is 1. The molecule has 3 aromatic rings. The van der Waals surface area contributed by atoms with Crippen molar-refractivity contribution in [3.8, 4) is 0 Å². The van der Waals surface area contributed by atoms with Crippen LogP contribution in [0.3, 0.4) is 0 Å². The molecule has 0 spiro atoms. The number of aromatic amines is 1. The highest BCUT2D eigenvalue weighted by molar-refractivity contribution is 5.91. The van der Waals surface area contributed by atoms with Crippen LogP contribution in [-0.4, -0.2) is 65.7 Å². The van der Waals surface area contributed by atoms with Gasteiger partial charge in [-0.25, -0.2) is 4.98 Å². The first-order valence-electron chi connectivity index (χ1n) is 8.91. The number of carbonyl (C=O) groups is 1. The van der Waals surface area contributed by atoms with E-state index >= 15 is 0 Å². The van der Waals surface area contributed by atoms with Crippen LogP contribution in [0.1, 0.15) is 11.8 Å². The van der Waals surface area contributed by atoms with Crippen molar-refractivity contribution in [3.05, 3.63) is 52.6 Å². The van der Waals surface area contributed by atoms with Crippen LogP contribution in [0.15, 0.2) is 41.5 Å². The van der Waals surface area contributed by atoms with Gasteiger partial charge in [-0.15, -0.1) is 0 Å². The first kappa shape index (κ1) is 19.2. The average molecular weight is 401 g/mol. The molecule has 4 atom stereocenters. The van der Waals surface area contributed by atoms with Gasteiger partial charge < -0.3 is 20.1 Å². The van der Waals surface area contributed by atoms with Gasteiger partial charge in [0.1, 0.15) is 18.3 Å². The van der Waals surface area contributed by atoms with E-state index in [9.17, 15) is 24.9 Å². The van der Waals surface area contributed by atoms with Crippen molar-refractivity contribution >= 4 is 23.0 Å². The molecule has 29 heavy (non-hydrogen) atoms. The molecule has 0 bridgehead atoms. The Morgan fingerprint density at radius 1 is 1.24 bits per heavy atom. The summed E-state index contributed by atoms with van der Waals surface area (Å²) < 4.78 is 6.74. The van der Waals surface area contributed by atoms with Crippen molar-refractivity contribution in [1.82, 2.24) is 19.5 Å². The van der Waals surface area contributed by atoms with E-state index in [2.05, 4.69) is 20.3 Å². The molecule has 152 valence electrons. The van der Waals surface area contributed by atoms with E-state index in [4.69, 9.17) is 4.74 Å². The van der Waals surface area contributed by atoms with Gasteiger partial charge in [-0.2, -0.15) is 4.98 Å². The molecule has 2 aromatic heterocycles. The maximum absolute atomic E-state index is 12.3. The zero-order valence-corrected chi connectivity index (χ0v) is 15.1. The van der Waals surface area contributed by atoms with Crippen LogP contribution in [0.4, 0.5) is 5.95 Å². The number of amides is 1. The normalized spacial score (nSPS) is 24.1. The number of nitrogens with one attached hydrogen (secondary N) is 2. The maximum atomic E-state index is 12.3. The van der Waals surface area contributed by atoms with Gasteiger partial charge >= 0.3 is 0 Å². The molecule has 0 radical (unpaired) electrons. The molecule has 1 unspecified atom stereocenters. The number of hydrogen-bond donors (Lipinski definition) is 5. The van der Waals surface area contributed by atoms with E-state index in [1.165, 1.54) is 10.9 Å². The largest absolute Gasteiger partial charge is 0.394 e. The quantitative estimate of drug-likeness (QED) is 0.360. The smallest absolute Gasteiger partial charge is 0.280 e. The summed E-state index contributed by atoms with van der Waals surface area (Å²) in [7, 11) is 0. The molecule has 1 fully saturated rings. The number of aliphatic hydroxyl groups excluding tert-OH is 3. The highest BCUT2D eigenvalue weighted by Crippen LogP contribution is 2.30. The van der Waals surface area contributed by atoms with E-state index in [-0.39, 0.29) is 29.4 Å². The van der Waals surface area contributed by atoms with E-state index in [1.54, 1.807) is 12.1 Å². The summed E-state index contributed by atoms with van der Waals surface area (Å²) in [6.45, 7) is -0.490. The summed E-state index contributed by atoms with van der Waals surface area (Å²) in [6, 6.07) is 9.07. The molecule has 1 aliphatic heterocycles. The number of H-pyrrole nitrogens is 1. The van der Waals surface area contributed by atoms with Gasteiger partial charge in [-0.05, 0) is 5.56 Å². The molecule has 1 aliphatic rings. The summed E-state index contributed by atoms with van der Waals surface area (Å²) in [4.78, 5) is 35.2. The molecule has 11 nitrogen and oxygen atoms in total. The van der Waals surface area contributed by atoms with Crippen LogP contribution in [0.2, 0.25) is 0 Å². The second-order valence-corrected chi connectivity index (χ2v) is 6.68. The maximum Gasteiger partial charge on any atom is 0.280 e. The van der Waals surface area contributed by atoms with Crippen molar-refractivity contribution in [2.45, 2.75) is 31.0 Å². The predicted molar refractivity (Wildman–Crippen MR) is 99.9 cm³/mol. The van der Waals surface area contributed by atoms with Crippen LogP contribution in [0.25, 0.3) is 11.2 Å². The zero-order valence-electron chi connectivity index (χ0n) is 15.1. The van der Waals surface area contributed by atoms with E-state index in [1.807, 2.05) is 18.2 Å². The fourth-order valence-corrected chi connectivity index (χ4v) is 3.24. The van der Waals surface area contributed by atoms with Gasteiger partial charge in [0.05, 0.1) is 19.4 Å². The summed E-state index contributed by atoms with van der Waals surface area (Å²) in [5, 5.41) is 32.0. The number of imidazole rings is 1. The van der Waals surface area contributed by atoms with Gasteiger partial charge in [-0.1, -0.05) is 30.3 Å². The highest BCUT2D eigenvalue weighted by atomic mass is 16.6. The Hall–Kier alpha value is -3.12. The molecule has 4 rings (SSSR count). The molecular formula is C18H19N5O6. The minimum atomic E-state index is -1.36.